The normalized spacial score (nSPS) is 12.2. The molecule has 4 aromatic heterocycles. The van der Waals surface area contributed by atoms with Crippen LogP contribution < -0.4 is 0 Å². The summed E-state index contributed by atoms with van der Waals surface area (Å²) < 4.78 is 38.1. The SMILES string of the molecule is CCCCCCCn1c2ccc(C#Cc3ccc(F)cc3)cc2c2cc(C#Cc3ccc4c(c3)C(c3ccc5c(c3)c3ccccc3n5CCCCCCC)(c3ccc5c(c3)c3ccccc3n5CCCCCCC)c3cc(C#Cc5ccc6c(c5)c5cc(C#Cc7ccc(F)cc7)ccc5n6CCCCCCC)ccc3-4)ccc21. The quantitative estimate of drug-likeness (QED) is 0.0380. The molecule has 0 bridgehead atoms. The summed E-state index contributed by atoms with van der Waals surface area (Å²) in [5.74, 6) is 28.0. The van der Waals surface area contributed by atoms with E-state index in [0.29, 0.717) is 0 Å². The third kappa shape index (κ3) is 15.3. The van der Waals surface area contributed by atoms with Crippen LogP contribution in [0.15, 0.2) is 243 Å². The molecule has 0 N–H and O–H groups in total. The maximum Gasteiger partial charge on any atom is 0.123 e. The molecule has 0 saturated heterocycles. The first-order chi connectivity index (χ1) is 56.7. The second-order valence-corrected chi connectivity index (χ2v) is 32.0. The highest BCUT2D eigenvalue weighted by Gasteiger charge is 2.47. The van der Waals surface area contributed by atoms with Crippen molar-refractivity contribution in [3.05, 3.63) is 321 Å². The van der Waals surface area contributed by atoms with Gasteiger partial charge >= 0.3 is 0 Å². The lowest BCUT2D eigenvalue weighted by atomic mass is 9.67. The second-order valence-electron chi connectivity index (χ2n) is 32.0. The number of fused-ring (bicyclic) bond motifs is 15. The molecule has 0 aliphatic heterocycles. The number of halogens is 2. The van der Waals surface area contributed by atoms with Gasteiger partial charge in [-0.3, -0.25) is 0 Å². The lowest BCUT2D eigenvalue weighted by Crippen LogP contribution is -2.29. The summed E-state index contributed by atoms with van der Waals surface area (Å²) >= 11 is 0. The Morgan fingerprint density at radius 1 is 0.226 bits per heavy atom. The van der Waals surface area contributed by atoms with Gasteiger partial charge in [-0.25, -0.2) is 8.78 Å². The fourth-order valence-electron chi connectivity index (χ4n) is 18.5. The predicted molar refractivity (Wildman–Crippen MR) is 480 cm³/mol. The number of aromatic nitrogens is 4. The molecule has 0 radical (unpaired) electrons. The Labute approximate surface area is 677 Å². The molecule has 1 aliphatic carbocycles. The largest absolute Gasteiger partial charge is 0.340 e. The Bertz CT molecular complexity index is 6200. The van der Waals surface area contributed by atoms with Crippen molar-refractivity contribution in [3.8, 4) is 58.5 Å². The van der Waals surface area contributed by atoms with E-state index in [1.165, 1.54) is 226 Å². The highest BCUT2D eigenvalue weighted by molar-refractivity contribution is 6.12. The third-order valence-electron chi connectivity index (χ3n) is 24.3. The molecule has 4 heterocycles. The van der Waals surface area contributed by atoms with Gasteiger partial charge in [0.1, 0.15) is 11.6 Å². The molecule has 0 saturated carbocycles. The van der Waals surface area contributed by atoms with Gasteiger partial charge in [0.15, 0.2) is 0 Å². The molecule has 1 aliphatic rings. The fourth-order valence-corrected chi connectivity index (χ4v) is 18.5. The molecule has 12 aromatic carbocycles. The standard InChI is InChI=1S/C109H100F2N4/c1-5-9-13-17-25-65-112-101-31-23-21-29-91(101)97-75-85(51-63-107(97)112)109(86-52-64-108-98(76-86)92-30-22-24-32-102(92)113(108)66-26-18-14-10-6-2)99-73-83(39-37-81-49-61-105-95(71-81)93-69-79(35-33-77-41-53-87(110)54-42-77)47-59-103(93)114(105)67-27-19-15-11-7-3)45-57-89(99)90-58-46-84(74-100(90)109)40-38-82-50-62-106-96(72-82)94-70-80(36-34-78-43-55-88(111)56-44-78)48-60-104(94)115(106)68-28-20-16-12-8-4/h21-24,29-32,41-64,69-76H,5-20,25-28,65-68H2,1-4H3. The molecular weight excluding hydrogens is 1400 g/mol. The van der Waals surface area contributed by atoms with E-state index in [4.69, 9.17) is 0 Å². The summed E-state index contributed by atoms with van der Waals surface area (Å²) in [5.41, 5.74) is 23.2. The van der Waals surface area contributed by atoms with Crippen LogP contribution >= 0.6 is 0 Å². The number of para-hydroxylation sites is 2. The Kier molecular flexibility index (Phi) is 22.6. The van der Waals surface area contributed by atoms with Crippen LogP contribution in [0.2, 0.25) is 0 Å². The van der Waals surface area contributed by atoms with Crippen molar-refractivity contribution >= 4 is 87.2 Å². The van der Waals surface area contributed by atoms with Crippen molar-refractivity contribution in [3.63, 3.8) is 0 Å². The number of rotatable bonds is 26. The van der Waals surface area contributed by atoms with Crippen LogP contribution in [0, 0.1) is 59.0 Å². The number of aryl methyl sites for hydroxylation is 4. The van der Waals surface area contributed by atoms with E-state index in [1.54, 1.807) is 24.3 Å². The van der Waals surface area contributed by atoms with E-state index in [0.717, 1.165) is 118 Å². The van der Waals surface area contributed by atoms with Gasteiger partial charge in [-0.1, -0.05) is 238 Å². The number of hydrogen-bond donors (Lipinski definition) is 0. The Balaban J connectivity index is 0.844. The van der Waals surface area contributed by atoms with E-state index >= 15 is 0 Å². The van der Waals surface area contributed by atoms with Gasteiger partial charge in [-0.2, -0.15) is 0 Å². The molecule has 16 aromatic rings. The van der Waals surface area contributed by atoms with E-state index in [-0.39, 0.29) is 11.6 Å². The summed E-state index contributed by atoms with van der Waals surface area (Å²) in [5, 5.41) is 9.64. The molecule has 0 spiro atoms. The monoisotopic (exact) mass is 1500 g/mol. The smallest absolute Gasteiger partial charge is 0.123 e. The van der Waals surface area contributed by atoms with Crippen molar-refractivity contribution in [2.45, 2.75) is 188 Å². The van der Waals surface area contributed by atoms with E-state index in [9.17, 15) is 8.78 Å². The zero-order valence-corrected chi connectivity index (χ0v) is 67.1. The van der Waals surface area contributed by atoms with Crippen LogP contribution in [0.3, 0.4) is 0 Å². The first-order valence-corrected chi connectivity index (χ1v) is 42.7. The lowest BCUT2D eigenvalue weighted by Gasteiger charge is -2.34. The fraction of sp³-hybridized carbons (Fsp3) is 0.266. The number of hydrogen-bond acceptors (Lipinski definition) is 0. The van der Waals surface area contributed by atoms with Gasteiger partial charge in [0, 0.05) is 158 Å². The third-order valence-corrected chi connectivity index (χ3v) is 24.3. The molecule has 17 rings (SSSR count). The van der Waals surface area contributed by atoms with Gasteiger partial charge in [-0.15, -0.1) is 0 Å². The summed E-state index contributed by atoms with van der Waals surface area (Å²) in [6, 6.07) is 86.6. The van der Waals surface area contributed by atoms with Crippen LogP contribution in [-0.4, -0.2) is 18.3 Å². The van der Waals surface area contributed by atoms with E-state index in [1.807, 2.05) is 0 Å². The van der Waals surface area contributed by atoms with Gasteiger partial charge in [-0.05, 0) is 241 Å². The first-order valence-electron chi connectivity index (χ1n) is 42.7. The van der Waals surface area contributed by atoms with Gasteiger partial charge in [0.05, 0.1) is 5.41 Å². The zero-order valence-electron chi connectivity index (χ0n) is 67.1. The van der Waals surface area contributed by atoms with Crippen molar-refractivity contribution in [2.75, 3.05) is 0 Å². The minimum Gasteiger partial charge on any atom is -0.340 e. The maximum absolute atomic E-state index is 14.0. The van der Waals surface area contributed by atoms with Crippen molar-refractivity contribution in [1.82, 2.24) is 18.3 Å². The molecule has 6 heteroatoms. The number of nitrogens with zero attached hydrogens (tertiary/aromatic N) is 4. The lowest BCUT2D eigenvalue weighted by molar-refractivity contribution is 0.584. The van der Waals surface area contributed by atoms with Crippen molar-refractivity contribution < 1.29 is 8.78 Å². The van der Waals surface area contributed by atoms with Crippen LogP contribution in [-0.2, 0) is 31.6 Å². The Morgan fingerprint density at radius 2 is 0.470 bits per heavy atom. The zero-order chi connectivity index (χ0) is 78.2. The highest BCUT2D eigenvalue weighted by atomic mass is 19.1. The van der Waals surface area contributed by atoms with Crippen molar-refractivity contribution in [1.29, 1.82) is 0 Å². The van der Waals surface area contributed by atoms with Crippen LogP contribution in [0.1, 0.15) is 223 Å². The van der Waals surface area contributed by atoms with Gasteiger partial charge < -0.3 is 18.3 Å². The Hall–Kier alpha value is -12.1. The average Bonchev–Trinajstić information content (AvgIpc) is 1.53. The number of unbranched alkanes of at least 4 members (excludes halogenated alkanes) is 16. The molecule has 0 amide bonds. The number of benzene rings is 12. The van der Waals surface area contributed by atoms with Crippen LogP contribution in [0.25, 0.3) is 98.4 Å². The Morgan fingerprint density at radius 3 is 0.783 bits per heavy atom. The highest BCUT2D eigenvalue weighted by Crippen LogP contribution is 2.58. The predicted octanol–water partition coefficient (Wildman–Crippen LogP) is 28.2. The van der Waals surface area contributed by atoms with E-state index < -0.39 is 5.41 Å². The van der Waals surface area contributed by atoms with E-state index in [2.05, 4.69) is 287 Å². The molecule has 4 nitrogen and oxygen atoms in total. The second kappa shape index (κ2) is 34.3. The van der Waals surface area contributed by atoms with Crippen LogP contribution in [0.5, 0.6) is 0 Å². The molecule has 0 fully saturated rings. The minimum absolute atomic E-state index is 0.271. The summed E-state index contributed by atoms with van der Waals surface area (Å²) in [7, 11) is 0. The van der Waals surface area contributed by atoms with Gasteiger partial charge in [0.25, 0.3) is 0 Å². The topological polar surface area (TPSA) is 19.7 Å². The molecule has 570 valence electrons. The molecule has 0 unspecified atom stereocenters. The minimum atomic E-state index is -0.863. The van der Waals surface area contributed by atoms with Crippen LogP contribution in [0.4, 0.5) is 8.78 Å². The summed E-state index contributed by atoms with van der Waals surface area (Å²) in [6.45, 7) is 12.9. The maximum atomic E-state index is 14.0. The summed E-state index contributed by atoms with van der Waals surface area (Å²) in [4.78, 5) is 0. The first kappa shape index (κ1) is 75.6. The van der Waals surface area contributed by atoms with Crippen molar-refractivity contribution in [2.24, 2.45) is 0 Å². The molecule has 115 heavy (non-hydrogen) atoms. The van der Waals surface area contributed by atoms with Gasteiger partial charge in [0.2, 0.25) is 0 Å². The average molecular weight is 1500 g/mol. The molecule has 0 atom stereocenters. The summed E-state index contributed by atoms with van der Waals surface area (Å²) in [6.07, 6.45) is 24.1. The molecular formula is C109H100F2N4.